The molecule has 2 aromatic rings. The summed E-state index contributed by atoms with van der Waals surface area (Å²) in [6.45, 7) is 0. The average molecular weight is 262 g/mol. The number of ether oxygens (including phenoxy) is 1. The number of amides is 1. The van der Waals surface area contributed by atoms with E-state index >= 15 is 0 Å². The van der Waals surface area contributed by atoms with Crippen LogP contribution in [0.25, 0.3) is 0 Å². The van der Waals surface area contributed by atoms with Crippen LogP contribution in [0.1, 0.15) is 21.1 Å². The molecular weight excluding hydrogens is 252 g/mol. The number of anilines is 1. The molecule has 0 bridgehead atoms. The molecule has 0 aliphatic rings. The van der Waals surface area contributed by atoms with Crippen LogP contribution in [0.4, 0.5) is 5.69 Å². The maximum absolute atomic E-state index is 11.7. The Kier molecular flexibility index (Phi) is 3.46. The lowest BCUT2D eigenvalue weighted by atomic mass is 10.3. The Morgan fingerprint density at radius 3 is 2.53 bits per heavy atom. The van der Waals surface area contributed by atoms with Crippen LogP contribution >= 0.6 is 0 Å². The number of aromatic nitrogens is 1. The highest BCUT2D eigenvalue weighted by Crippen LogP contribution is 2.14. The summed E-state index contributed by atoms with van der Waals surface area (Å²) < 4.78 is 9.75. The maximum atomic E-state index is 11.7. The number of carboxylic acids is 1. The number of methoxy groups -OCH3 is 1. The third-order valence-electron chi connectivity index (χ3n) is 2.24. The van der Waals surface area contributed by atoms with Gasteiger partial charge in [0.1, 0.15) is 0 Å². The Morgan fingerprint density at radius 2 is 2.00 bits per heavy atom. The van der Waals surface area contributed by atoms with Crippen LogP contribution in [0, 0.1) is 0 Å². The molecule has 0 unspecified atom stereocenters. The molecule has 0 radical (unpaired) electrons. The fraction of sp³-hybridized carbons (Fsp3) is 0.0833. The lowest BCUT2D eigenvalue weighted by Crippen LogP contribution is -2.11. The van der Waals surface area contributed by atoms with E-state index in [1.165, 1.54) is 25.4 Å². The number of nitrogens with one attached hydrogen (secondary N) is 1. The van der Waals surface area contributed by atoms with Crippen molar-refractivity contribution in [2.24, 2.45) is 0 Å². The number of furan rings is 1. The zero-order valence-corrected chi connectivity index (χ0v) is 9.91. The van der Waals surface area contributed by atoms with Gasteiger partial charge in [-0.15, -0.1) is 0 Å². The fourth-order valence-corrected chi connectivity index (χ4v) is 1.34. The Bertz CT molecular complexity index is 603. The molecule has 2 aromatic heterocycles. The predicted octanol–water partition coefficient (Wildman–Crippen LogP) is 1.63. The van der Waals surface area contributed by atoms with Crippen LogP contribution in [0.2, 0.25) is 0 Å². The molecule has 0 fully saturated rings. The lowest BCUT2D eigenvalue weighted by molar-refractivity contribution is 0.0660. The van der Waals surface area contributed by atoms with Crippen molar-refractivity contribution in [3.8, 4) is 5.88 Å². The SMILES string of the molecule is COc1ccc(NC(=O)c2ccc(C(=O)O)o2)cn1. The van der Waals surface area contributed by atoms with E-state index < -0.39 is 11.9 Å². The van der Waals surface area contributed by atoms with Crippen molar-refractivity contribution in [1.29, 1.82) is 0 Å². The Morgan fingerprint density at radius 1 is 1.26 bits per heavy atom. The molecule has 19 heavy (non-hydrogen) atoms. The van der Waals surface area contributed by atoms with Crippen LogP contribution < -0.4 is 10.1 Å². The molecule has 0 aromatic carbocycles. The number of nitrogens with zero attached hydrogens (tertiary/aromatic N) is 1. The first kappa shape index (κ1) is 12.6. The first-order valence-corrected chi connectivity index (χ1v) is 5.24. The van der Waals surface area contributed by atoms with E-state index in [0.29, 0.717) is 11.6 Å². The van der Waals surface area contributed by atoms with Crippen LogP contribution in [-0.2, 0) is 0 Å². The van der Waals surface area contributed by atoms with Gasteiger partial charge in [0.15, 0.2) is 5.76 Å². The molecule has 7 nitrogen and oxygen atoms in total. The zero-order valence-electron chi connectivity index (χ0n) is 9.91. The van der Waals surface area contributed by atoms with E-state index in [0.717, 1.165) is 0 Å². The van der Waals surface area contributed by atoms with Crippen LogP contribution in [0.15, 0.2) is 34.9 Å². The smallest absolute Gasteiger partial charge is 0.371 e. The molecule has 0 aliphatic carbocycles. The van der Waals surface area contributed by atoms with E-state index in [4.69, 9.17) is 14.3 Å². The van der Waals surface area contributed by atoms with Gasteiger partial charge in [-0.3, -0.25) is 4.79 Å². The molecule has 2 N–H and O–H groups in total. The number of hydrogen-bond donors (Lipinski definition) is 2. The molecule has 2 heterocycles. The topological polar surface area (TPSA) is 102 Å². The van der Waals surface area contributed by atoms with Gasteiger partial charge in [-0.05, 0) is 18.2 Å². The second-order valence-electron chi connectivity index (χ2n) is 3.51. The highest BCUT2D eigenvalue weighted by atomic mass is 16.5. The molecule has 0 saturated heterocycles. The summed E-state index contributed by atoms with van der Waals surface area (Å²) in [5, 5.41) is 11.2. The second kappa shape index (κ2) is 5.21. The van der Waals surface area contributed by atoms with E-state index in [1.54, 1.807) is 12.1 Å². The summed E-state index contributed by atoms with van der Waals surface area (Å²) in [6.07, 6.45) is 1.41. The van der Waals surface area contributed by atoms with Gasteiger partial charge in [-0.1, -0.05) is 0 Å². The van der Waals surface area contributed by atoms with E-state index in [9.17, 15) is 9.59 Å². The first-order valence-electron chi connectivity index (χ1n) is 5.24. The van der Waals surface area contributed by atoms with Crippen molar-refractivity contribution in [3.63, 3.8) is 0 Å². The minimum absolute atomic E-state index is 0.0896. The van der Waals surface area contributed by atoms with Crippen LogP contribution in [-0.4, -0.2) is 29.1 Å². The van der Waals surface area contributed by atoms with Crippen LogP contribution in [0.3, 0.4) is 0 Å². The second-order valence-corrected chi connectivity index (χ2v) is 3.51. The van der Waals surface area contributed by atoms with Gasteiger partial charge in [0.05, 0.1) is 19.0 Å². The number of pyridine rings is 1. The number of carboxylic acid groups (broad SMARTS) is 1. The van der Waals surface area contributed by atoms with Crippen molar-refractivity contribution in [1.82, 2.24) is 4.98 Å². The fourth-order valence-electron chi connectivity index (χ4n) is 1.34. The van der Waals surface area contributed by atoms with Gasteiger partial charge in [0, 0.05) is 6.07 Å². The van der Waals surface area contributed by atoms with E-state index in [-0.39, 0.29) is 11.5 Å². The summed E-state index contributed by atoms with van der Waals surface area (Å²) in [4.78, 5) is 26.3. The van der Waals surface area contributed by atoms with E-state index in [1.807, 2.05) is 0 Å². The van der Waals surface area contributed by atoms with Crippen LogP contribution in [0.5, 0.6) is 5.88 Å². The standard InChI is InChI=1S/C12H10N2O5/c1-18-10-5-2-7(6-13-10)14-11(15)8-3-4-9(19-8)12(16)17/h2-6H,1H3,(H,14,15)(H,16,17). The summed E-state index contributed by atoms with van der Waals surface area (Å²) in [6, 6.07) is 5.68. The van der Waals surface area contributed by atoms with Crippen molar-refractivity contribution in [3.05, 3.63) is 42.0 Å². The largest absolute Gasteiger partial charge is 0.481 e. The van der Waals surface area contributed by atoms with Gasteiger partial charge in [0.25, 0.3) is 5.91 Å². The predicted molar refractivity (Wildman–Crippen MR) is 64.4 cm³/mol. The number of hydrogen-bond acceptors (Lipinski definition) is 5. The maximum Gasteiger partial charge on any atom is 0.371 e. The first-order chi connectivity index (χ1) is 9.10. The molecule has 0 atom stereocenters. The molecule has 98 valence electrons. The number of aromatic carboxylic acids is 1. The zero-order chi connectivity index (χ0) is 13.8. The Balaban J connectivity index is 2.08. The van der Waals surface area contributed by atoms with Gasteiger partial charge in [-0.2, -0.15) is 0 Å². The monoisotopic (exact) mass is 262 g/mol. The highest BCUT2D eigenvalue weighted by molar-refractivity contribution is 6.02. The molecule has 7 heteroatoms. The summed E-state index contributed by atoms with van der Waals surface area (Å²) in [5.74, 6) is -1.75. The molecular formula is C12H10N2O5. The van der Waals surface area contributed by atoms with Crippen molar-refractivity contribution < 1.29 is 23.8 Å². The number of carbonyl (C=O) groups is 2. The minimum Gasteiger partial charge on any atom is -0.481 e. The highest BCUT2D eigenvalue weighted by Gasteiger charge is 2.15. The lowest BCUT2D eigenvalue weighted by Gasteiger charge is -2.03. The van der Waals surface area contributed by atoms with E-state index in [2.05, 4.69) is 10.3 Å². The third kappa shape index (κ3) is 2.89. The summed E-state index contributed by atoms with van der Waals surface area (Å²) in [5.41, 5.74) is 0.444. The average Bonchev–Trinajstić information content (AvgIpc) is 2.89. The van der Waals surface area contributed by atoms with Gasteiger partial charge < -0.3 is 19.6 Å². The summed E-state index contributed by atoms with van der Waals surface area (Å²) >= 11 is 0. The number of carbonyl (C=O) groups excluding carboxylic acids is 1. The molecule has 0 aliphatic heterocycles. The number of rotatable bonds is 4. The Labute approximate surface area is 107 Å². The van der Waals surface area contributed by atoms with Gasteiger partial charge in [-0.25, -0.2) is 9.78 Å². The van der Waals surface area contributed by atoms with Crippen molar-refractivity contribution >= 4 is 17.6 Å². The van der Waals surface area contributed by atoms with Crippen molar-refractivity contribution in [2.45, 2.75) is 0 Å². The molecule has 2 rings (SSSR count). The Hall–Kier alpha value is -2.83. The molecule has 0 spiro atoms. The summed E-state index contributed by atoms with van der Waals surface area (Å²) in [7, 11) is 1.48. The third-order valence-corrected chi connectivity index (χ3v) is 2.24. The normalized spacial score (nSPS) is 9.95. The minimum atomic E-state index is -1.23. The van der Waals surface area contributed by atoms with Gasteiger partial charge in [0.2, 0.25) is 11.6 Å². The van der Waals surface area contributed by atoms with Crippen molar-refractivity contribution in [2.75, 3.05) is 12.4 Å². The van der Waals surface area contributed by atoms with Gasteiger partial charge >= 0.3 is 5.97 Å². The molecule has 1 amide bonds. The quantitative estimate of drug-likeness (QED) is 0.868. The molecule has 0 saturated carbocycles.